The summed E-state index contributed by atoms with van der Waals surface area (Å²) in [5.41, 5.74) is 1.63. The highest BCUT2D eigenvalue weighted by molar-refractivity contribution is 5.94. The van der Waals surface area contributed by atoms with E-state index in [1.807, 2.05) is 0 Å². The number of hydrogen-bond donors (Lipinski definition) is 1. The number of carbonyl (C=O) groups is 1. The van der Waals surface area contributed by atoms with Gasteiger partial charge < -0.3 is 9.73 Å². The molecule has 1 amide bonds. The number of halogens is 1. The van der Waals surface area contributed by atoms with Gasteiger partial charge in [0, 0.05) is 18.7 Å². The van der Waals surface area contributed by atoms with Crippen molar-refractivity contribution in [2.24, 2.45) is 0 Å². The number of rotatable bonds is 4. The zero-order valence-corrected chi connectivity index (χ0v) is 12.3. The quantitative estimate of drug-likeness (QED) is 0.800. The lowest BCUT2D eigenvalue weighted by Crippen LogP contribution is -2.23. The first-order valence-corrected chi connectivity index (χ1v) is 6.91. The lowest BCUT2D eigenvalue weighted by Gasteiger charge is -2.04. The normalized spacial score (nSPS) is 10.5. The molecule has 0 aliphatic heterocycles. The molecule has 3 aromatic rings. The molecule has 2 heterocycles. The van der Waals surface area contributed by atoms with E-state index in [1.54, 1.807) is 31.2 Å². The molecule has 3 rings (SSSR count). The summed E-state index contributed by atoms with van der Waals surface area (Å²) in [4.78, 5) is 16.2. The highest BCUT2D eigenvalue weighted by atomic mass is 19.1. The second-order valence-corrected chi connectivity index (χ2v) is 4.84. The Morgan fingerprint density at radius 2 is 2.13 bits per heavy atom. The summed E-state index contributed by atoms with van der Waals surface area (Å²) in [6.07, 6.45) is 1.44. The van der Waals surface area contributed by atoms with Crippen LogP contribution in [0.3, 0.4) is 0 Å². The number of benzene rings is 1. The fourth-order valence-electron chi connectivity index (χ4n) is 2.01. The molecule has 1 N–H and O–H groups in total. The average Bonchev–Trinajstić information content (AvgIpc) is 2.98. The molecular weight excluding hydrogens is 299 g/mol. The number of amides is 1. The van der Waals surface area contributed by atoms with Gasteiger partial charge in [-0.05, 0) is 24.3 Å². The Labute approximate surface area is 131 Å². The maximum atomic E-state index is 13.2. The third-order valence-corrected chi connectivity index (χ3v) is 3.11. The number of nitrogens with zero attached hydrogens (tertiary/aromatic N) is 3. The highest BCUT2D eigenvalue weighted by Gasteiger charge is 2.09. The lowest BCUT2D eigenvalue weighted by atomic mass is 10.1. The van der Waals surface area contributed by atoms with E-state index >= 15 is 0 Å². The molecule has 0 fully saturated rings. The molecule has 23 heavy (non-hydrogen) atoms. The van der Waals surface area contributed by atoms with Gasteiger partial charge in [-0.2, -0.15) is 0 Å². The number of aromatic nitrogens is 3. The second-order valence-electron chi connectivity index (χ2n) is 4.84. The molecule has 0 atom stereocenters. The Bertz CT molecular complexity index is 830. The van der Waals surface area contributed by atoms with Crippen LogP contribution >= 0.6 is 0 Å². The first-order valence-electron chi connectivity index (χ1n) is 6.91. The molecule has 0 saturated carbocycles. The Hall–Kier alpha value is -3.09. The monoisotopic (exact) mass is 312 g/mol. The Morgan fingerprint density at radius 3 is 2.78 bits per heavy atom. The number of aryl methyl sites for hydroxylation is 1. The van der Waals surface area contributed by atoms with Crippen LogP contribution in [-0.2, 0) is 6.54 Å². The van der Waals surface area contributed by atoms with Gasteiger partial charge >= 0.3 is 0 Å². The third kappa shape index (κ3) is 3.57. The van der Waals surface area contributed by atoms with E-state index < -0.39 is 0 Å². The standard InChI is InChI=1S/C16H13FN4O2/c1-10-20-21-15(23-10)9-19-16(22)12-5-6-14(18-8-12)11-3-2-4-13(17)7-11/h2-8H,9H2,1H3,(H,19,22). The van der Waals surface area contributed by atoms with E-state index in [4.69, 9.17) is 4.42 Å². The molecule has 2 aromatic heterocycles. The summed E-state index contributed by atoms with van der Waals surface area (Å²) < 4.78 is 18.4. The predicted octanol–water partition coefficient (Wildman–Crippen LogP) is 2.51. The average molecular weight is 312 g/mol. The number of pyridine rings is 1. The summed E-state index contributed by atoms with van der Waals surface area (Å²) in [6, 6.07) is 9.41. The summed E-state index contributed by atoms with van der Waals surface area (Å²) in [5.74, 6) is 0.135. The topological polar surface area (TPSA) is 80.9 Å². The summed E-state index contributed by atoms with van der Waals surface area (Å²) >= 11 is 0. The molecule has 6 nitrogen and oxygen atoms in total. The van der Waals surface area contributed by atoms with Crippen molar-refractivity contribution < 1.29 is 13.6 Å². The Kier molecular flexibility index (Phi) is 4.09. The van der Waals surface area contributed by atoms with E-state index in [1.165, 1.54) is 18.3 Å². The first kappa shape index (κ1) is 14.8. The van der Waals surface area contributed by atoms with Crippen LogP contribution < -0.4 is 5.32 Å². The van der Waals surface area contributed by atoms with Crippen LogP contribution in [0.4, 0.5) is 4.39 Å². The van der Waals surface area contributed by atoms with E-state index in [-0.39, 0.29) is 18.3 Å². The molecular formula is C16H13FN4O2. The van der Waals surface area contributed by atoms with Crippen molar-refractivity contribution in [2.75, 3.05) is 0 Å². The van der Waals surface area contributed by atoms with Crippen LogP contribution in [0.15, 0.2) is 47.0 Å². The third-order valence-electron chi connectivity index (χ3n) is 3.11. The Balaban J connectivity index is 1.68. The van der Waals surface area contributed by atoms with Crippen molar-refractivity contribution in [3.63, 3.8) is 0 Å². The molecule has 0 aliphatic rings. The van der Waals surface area contributed by atoms with E-state index in [9.17, 15) is 9.18 Å². The van der Waals surface area contributed by atoms with E-state index in [0.29, 0.717) is 28.6 Å². The van der Waals surface area contributed by atoms with Gasteiger partial charge in [0.15, 0.2) is 0 Å². The number of hydrogen-bond acceptors (Lipinski definition) is 5. The minimum atomic E-state index is -0.332. The van der Waals surface area contributed by atoms with Crippen LogP contribution in [0.5, 0.6) is 0 Å². The summed E-state index contributed by atoms with van der Waals surface area (Å²) in [5, 5.41) is 10.1. The molecule has 0 saturated heterocycles. The van der Waals surface area contributed by atoms with Crippen LogP contribution in [0.25, 0.3) is 11.3 Å². The zero-order valence-electron chi connectivity index (χ0n) is 12.3. The van der Waals surface area contributed by atoms with Crippen LogP contribution in [0, 0.1) is 12.7 Å². The molecule has 0 radical (unpaired) electrons. The molecule has 0 bridgehead atoms. The largest absolute Gasteiger partial charge is 0.424 e. The minimum Gasteiger partial charge on any atom is -0.424 e. The van der Waals surface area contributed by atoms with Gasteiger partial charge in [-0.1, -0.05) is 12.1 Å². The SMILES string of the molecule is Cc1nnc(CNC(=O)c2ccc(-c3cccc(F)c3)nc2)o1. The van der Waals surface area contributed by atoms with Gasteiger partial charge in [0.1, 0.15) is 5.82 Å². The van der Waals surface area contributed by atoms with Crippen LogP contribution in [0.1, 0.15) is 22.1 Å². The van der Waals surface area contributed by atoms with Crippen molar-refractivity contribution in [3.8, 4) is 11.3 Å². The highest BCUT2D eigenvalue weighted by Crippen LogP contribution is 2.17. The molecule has 0 aliphatic carbocycles. The fourth-order valence-corrected chi connectivity index (χ4v) is 2.01. The fraction of sp³-hybridized carbons (Fsp3) is 0.125. The maximum Gasteiger partial charge on any atom is 0.253 e. The van der Waals surface area contributed by atoms with Gasteiger partial charge in [0.2, 0.25) is 11.8 Å². The van der Waals surface area contributed by atoms with Crippen LogP contribution in [-0.4, -0.2) is 21.1 Å². The zero-order chi connectivity index (χ0) is 16.2. The smallest absolute Gasteiger partial charge is 0.253 e. The molecule has 116 valence electrons. The van der Waals surface area contributed by atoms with E-state index in [2.05, 4.69) is 20.5 Å². The molecule has 1 aromatic carbocycles. The maximum absolute atomic E-state index is 13.2. The Morgan fingerprint density at radius 1 is 1.26 bits per heavy atom. The van der Waals surface area contributed by atoms with Gasteiger partial charge in [-0.25, -0.2) is 4.39 Å². The molecule has 0 unspecified atom stereocenters. The van der Waals surface area contributed by atoms with E-state index in [0.717, 1.165) is 0 Å². The predicted molar refractivity (Wildman–Crippen MR) is 79.8 cm³/mol. The van der Waals surface area contributed by atoms with Crippen molar-refractivity contribution in [2.45, 2.75) is 13.5 Å². The van der Waals surface area contributed by atoms with Gasteiger partial charge in [0.05, 0.1) is 17.8 Å². The van der Waals surface area contributed by atoms with Gasteiger partial charge in [-0.15, -0.1) is 10.2 Å². The number of carbonyl (C=O) groups excluding carboxylic acids is 1. The second kappa shape index (κ2) is 6.35. The van der Waals surface area contributed by atoms with Crippen molar-refractivity contribution in [3.05, 3.63) is 65.8 Å². The minimum absolute atomic E-state index is 0.144. The van der Waals surface area contributed by atoms with Crippen molar-refractivity contribution in [1.82, 2.24) is 20.5 Å². The lowest BCUT2D eigenvalue weighted by molar-refractivity contribution is 0.0946. The van der Waals surface area contributed by atoms with Crippen LogP contribution in [0.2, 0.25) is 0 Å². The van der Waals surface area contributed by atoms with Crippen molar-refractivity contribution in [1.29, 1.82) is 0 Å². The summed E-state index contributed by atoms with van der Waals surface area (Å²) in [6.45, 7) is 1.82. The summed E-state index contributed by atoms with van der Waals surface area (Å²) in [7, 11) is 0. The molecule has 7 heteroatoms. The van der Waals surface area contributed by atoms with Gasteiger partial charge in [-0.3, -0.25) is 9.78 Å². The van der Waals surface area contributed by atoms with Gasteiger partial charge in [0.25, 0.3) is 5.91 Å². The number of nitrogens with one attached hydrogen (secondary N) is 1. The van der Waals surface area contributed by atoms with Crippen molar-refractivity contribution >= 4 is 5.91 Å². The first-order chi connectivity index (χ1) is 11.1. The molecule has 0 spiro atoms.